The number of amides is 1. The Labute approximate surface area is 165 Å². The summed E-state index contributed by atoms with van der Waals surface area (Å²) >= 11 is 3.45. The van der Waals surface area contributed by atoms with Crippen LogP contribution in [0.15, 0.2) is 59.2 Å². The number of H-pyrrole nitrogens is 1. The summed E-state index contributed by atoms with van der Waals surface area (Å²) in [7, 11) is 1.29. The summed E-state index contributed by atoms with van der Waals surface area (Å²) < 4.78 is 11.0. The van der Waals surface area contributed by atoms with Crippen molar-refractivity contribution in [2.24, 2.45) is 0 Å². The van der Waals surface area contributed by atoms with E-state index in [2.05, 4.69) is 26.2 Å². The number of hydrogen-bond donors (Lipinski definition) is 2. The van der Waals surface area contributed by atoms with Crippen molar-refractivity contribution in [3.63, 3.8) is 0 Å². The van der Waals surface area contributed by atoms with Gasteiger partial charge in [-0.25, -0.2) is 9.59 Å². The predicted molar refractivity (Wildman–Crippen MR) is 105 cm³/mol. The first-order valence-corrected chi connectivity index (χ1v) is 9.16. The van der Waals surface area contributed by atoms with E-state index < -0.39 is 18.1 Å². The lowest BCUT2D eigenvalue weighted by Gasteiger charge is -2.16. The van der Waals surface area contributed by atoms with E-state index in [1.165, 1.54) is 7.11 Å². The molecule has 0 aliphatic carbocycles. The van der Waals surface area contributed by atoms with Crippen LogP contribution in [0, 0.1) is 0 Å². The summed E-state index contributed by atoms with van der Waals surface area (Å²) in [6.07, 6.45) is 1.43. The molecule has 2 N–H and O–H groups in total. The molecule has 0 bridgehead atoms. The highest BCUT2D eigenvalue weighted by atomic mass is 79.9. The lowest BCUT2D eigenvalue weighted by atomic mass is 10.1. The van der Waals surface area contributed by atoms with Gasteiger partial charge in [-0.2, -0.15) is 0 Å². The maximum Gasteiger partial charge on any atom is 0.408 e. The molecule has 1 atom stereocenters. The molecule has 1 amide bonds. The van der Waals surface area contributed by atoms with Crippen molar-refractivity contribution in [1.82, 2.24) is 10.3 Å². The van der Waals surface area contributed by atoms with Crippen LogP contribution in [-0.4, -0.2) is 30.2 Å². The molecule has 1 unspecified atom stereocenters. The third-order valence-corrected chi connectivity index (χ3v) is 4.64. The van der Waals surface area contributed by atoms with E-state index in [9.17, 15) is 9.59 Å². The molecular formula is C20H19BrN2O4. The number of esters is 1. The standard InChI is InChI=1S/C20H19BrN2O4/c1-26-19(24)18(23-20(25)27-12-13-5-3-2-4-6-13)9-14-11-22-17-8-7-15(21)10-16(14)17/h2-8,10-11,18,22H,9,12H2,1H3,(H,23,25). The van der Waals surface area contributed by atoms with Crippen LogP contribution >= 0.6 is 15.9 Å². The van der Waals surface area contributed by atoms with E-state index in [4.69, 9.17) is 9.47 Å². The highest BCUT2D eigenvalue weighted by molar-refractivity contribution is 9.10. The Balaban J connectivity index is 1.69. The Morgan fingerprint density at radius 1 is 1.19 bits per heavy atom. The number of carbonyl (C=O) groups is 2. The Kier molecular flexibility index (Phi) is 6.13. The van der Waals surface area contributed by atoms with E-state index in [0.717, 1.165) is 26.5 Å². The van der Waals surface area contributed by atoms with Gasteiger partial charge in [-0.15, -0.1) is 0 Å². The van der Waals surface area contributed by atoms with Gasteiger partial charge in [-0.3, -0.25) is 0 Å². The number of alkyl carbamates (subject to hydrolysis) is 1. The summed E-state index contributed by atoms with van der Waals surface area (Å²) in [5.41, 5.74) is 2.71. The van der Waals surface area contributed by atoms with Crippen molar-refractivity contribution in [1.29, 1.82) is 0 Å². The van der Waals surface area contributed by atoms with Crippen molar-refractivity contribution in [3.8, 4) is 0 Å². The SMILES string of the molecule is COC(=O)C(Cc1c[nH]c2ccc(Br)cc12)NC(=O)OCc1ccccc1. The molecule has 2 aromatic carbocycles. The maximum absolute atomic E-state index is 12.1. The molecule has 0 fully saturated rings. The summed E-state index contributed by atoms with van der Waals surface area (Å²) in [5, 5.41) is 3.56. The quantitative estimate of drug-likeness (QED) is 0.580. The molecule has 3 rings (SSSR count). The minimum Gasteiger partial charge on any atom is -0.467 e. The molecule has 1 aromatic heterocycles. The minimum absolute atomic E-state index is 0.126. The van der Waals surface area contributed by atoms with E-state index in [1.807, 2.05) is 54.7 Å². The highest BCUT2D eigenvalue weighted by Crippen LogP contribution is 2.24. The van der Waals surface area contributed by atoms with Gasteiger partial charge in [0.15, 0.2) is 0 Å². The van der Waals surface area contributed by atoms with Crippen LogP contribution in [-0.2, 0) is 27.3 Å². The highest BCUT2D eigenvalue weighted by Gasteiger charge is 2.24. The Hall–Kier alpha value is -2.80. The molecule has 0 spiro atoms. The summed E-state index contributed by atoms with van der Waals surface area (Å²) in [4.78, 5) is 27.4. The number of aromatic amines is 1. The van der Waals surface area contributed by atoms with Crippen LogP contribution in [0.1, 0.15) is 11.1 Å². The van der Waals surface area contributed by atoms with Gasteiger partial charge in [0.25, 0.3) is 0 Å². The van der Waals surface area contributed by atoms with Gasteiger partial charge in [0, 0.05) is 28.0 Å². The van der Waals surface area contributed by atoms with Gasteiger partial charge in [0.2, 0.25) is 0 Å². The topological polar surface area (TPSA) is 80.4 Å². The lowest BCUT2D eigenvalue weighted by Crippen LogP contribution is -2.43. The molecule has 0 aliphatic heterocycles. The van der Waals surface area contributed by atoms with Gasteiger partial charge in [0.05, 0.1) is 7.11 Å². The molecule has 0 saturated carbocycles. The molecule has 27 heavy (non-hydrogen) atoms. The molecule has 1 heterocycles. The van der Waals surface area contributed by atoms with E-state index in [1.54, 1.807) is 0 Å². The van der Waals surface area contributed by atoms with Crippen molar-refractivity contribution in [2.75, 3.05) is 7.11 Å². The summed E-state index contributed by atoms with van der Waals surface area (Å²) in [5.74, 6) is -0.531. The van der Waals surface area contributed by atoms with Crippen molar-refractivity contribution < 1.29 is 19.1 Å². The van der Waals surface area contributed by atoms with Crippen LogP contribution in [0.4, 0.5) is 4.79 Å². The molecule has 140 valence electrons. The number of fused-ring (bicyclic) bond motifs is 1. The zero-order valence-electron chi connectivity index (χ0n) is 14.7. The fourth-order valence-corrected chi connectivity index (χ4v) is 3.14. The summed E-state index contributed by atoms with van der Waals surface area (Å²) in [6.45, 7) is 0.126. The number of hydrogen-bond acceptors (Lipinski definition) is 4. The van der Waals surface area contributed by atoms with E-state index in [-0.39, 0.29) is 13.0 Å². The number of ether oxygens (including phenoxy) is 2. The first-order chi connectivity index (χ1) is 13.1. The Morgan fingerprint density at radius 3 is 2.70 bits per heavy atom. The second kappa shape index (κ2) is 8.73. The number of aromatic nitrogens is 1. The number of rotatable bonds is 6. The molecule has 3 aromatic rings. The van der Waals surface area contributed by atoms with Crippen LogP contribution < -0.4 is 5.32 Å². The number of carbonyl (C=O) groups excluding carboxylic acids is 2. The monoisotopic (exact) mass is 430 g/mol. The Morgan fingerprint density at radius 2 is 1.96 bits per heavy atom. The molecule has 7 heteroatoms. The van der Waals surface area contributed by atoms with Gasteiger partial charge >= 0.3 is 12.1 Å². The zero-order chi connectivity index (χ0) is 19.2. The van der Waals surface area contributed by atoms with Gasteiger partial charge in [-0.1, -0.05) is 46.3 Å². The minimum atomic E-state index is -0.851. The van der Waals surface area contributed by atoms with E-state index in [0.29, 0.717) is 0 Å². The third kappa shape index (κ3) is 4.89. The molecule has 0 saturated heterocycles. The fraction of sp³-hybridized carbons (Fsp3) is 0.200. The lowest BCUT2D eigenvalue weighted by molar-refractivity contribution is -0.142. The largest absolute Gasteiger partial charge is 0.467 e. The van der Waals surface area contributed by atoms with Crippen LogP contribution in [0.25, 0.3) is 10.9 Å². The van der Waals surface area contributed by atoms with E-state index >= 15 is 0 Å². The van der Waals surface area contributed by atoms with Crippen molar-refractivity contribution in [2.45, 2.75) is 19.1 Å². The normalized spacial score (nSPS) is 11.8. The maximum atomic E-state index is 12.1. The van der Waals surface area contributed by atoms with Gasteiger partial charge < -0.3 is 19.8 Å². The average molecular weight is 431 g/mol. The fourth-order valence-electron chi connectivity index (χ4n) is 2.78. The molecule has 0 radical (unpaired) electrons. The molecule has 6 nitrogen and oxygen atoms in total. The first kappa shape index (κ1) is 19.0. The molecular weight excluding hydrogens is 412 g/mol. The second-order valence-corrected chi connectivity index (χ2v) is 6.91. The first-order valence-electron chi connectivity index (χ1n) is 8.37. The number of nitrogens with one attached hydrogen (secondary N) is 2. The van der Waals surface area contributed by atoms with Crippen molar-refractivity contribution >= 4 is 38.9 Å². The van der Waals surface area contributed by atoms with Crippen molar-refractivity contribution in [3.05, 3.63) is 70.3 Å². The zero-order valence-corrected chi connectivity index (χ0v) is 16.3. The van der Waals surface area contributed by atoms with Crippen LogP contribution in [0.2, 0.25) is 0 Å². The smallest absolute Gasteiger partial charge is 0.408 e. The van der Waals surface area contributed by atoms with Gasteiger partial charge in [-0.05, 0) is 29.3 Å². The number of halogens is 1. The third-order valence-electron chi connectivity index (χ3n) is 4.14. The Bertz CT molecular complexity index is 940. The molecule has 0 aliphatic rings. The average Bonchev–Trinajstić information content (AvgIpc) is 3.08. The van der Waals surface area contributed by atoms with Gasteiger partial charge in [0.1, 0.15) is 12.6 Å². The second-order valence-electron chi connectivity index (χ2n) is 5.99. The van der Waals surface area contributed by atoms with Crippen LogP contribution in [0.3, 0.4) is 0 Å². The summed E-state index contributed by atoms with van der Waals surface area (Å²) in [6, 6.07) is 14.3. The number of benzene rings is 2. The number of methoxy groups -OCH3 is 1. The van der Waals surface area contributed by atoms with Crippen LogP contribution in [0.5, 0.6) is 0 Å². The predicted octanol–water partition coefficient (Wildman–Crippen LogP) is 3.94.